The van der Waals surface area contributed by atoms with E-state index in [1.807, 2.05) is 0 Å². The van der Waals surface area contributed by atoms with Gasteiger partial charge in [0.2, 0.25) is 0 Å². The zero-order valence-electron chi connectivity index (χ0n) is 24.7. The van der Waals surface area contributed by atoms with Gasteiger partial charge in [-0.3, -0.25) is 0 Å². The van der Waals surface area contributed by atoms with Gasteiger partial charge in [0, 0.05) is 21.5 Å². The molecule has 2 nitrogen and oxygen atoms in total. The molecule has 46 heavy (non-hydrogen) atoms. The fourth-order valence-corrected chi connectivity index (χ4v) is 8.03. The van der Waals surface area contributed by atoms with Crippen molar-refractivity contribution in [1.29, 1.82) is 0 Å². The highest BCUT2D eigenvalue weighted by atomic mass is 16.3. The van der Waals surface area contributed by atoms with Gasteiger partial charge in [0.25, 0.3) is 0 Å². The van der Waals surface area contributed by atoms with Crippen molar-refractivity contribution >= 4 is 87.0 Å². The second-order valence-corrected chi connectivity index (χ2v) is 12.4. The number of fused-ring (bicyclic) bond motifs is 6. The maximum atomic E-state index is 6.53. The molecule has 0 radical (unpaired) electrons. The number of hydrogen-bond donors (Lipinski definition) is 0. The SMILES string of the molecule is c1ccc2cc3c(cc2c1)oc1cc(-c2c4ccccc4c(-c4cc5cccc6oc7cccc4c7c56)c4ccccc24)ccc13. The lowest BCUT2D eigenvalue weighted by Gasteiger charge is -2.19. The molecule has 11 aromatic rings. The summed E-state index contributed by atoms with van der Waals surface area (Å²) in [4.78, 5) is 0. The highest BCUT2D eigenvalue weighted by molar-refractivity contribution is 6.30. The van der Waals surface area contributed by atoms with Crippen LogP contribution in [0.1, 0.15) is 0 Å². The summed E-state index contributed by atoms with van der Waals surface area (Å²) in [7, 11) is 0. The molecule has 2 heteroatoms. The molecule has 0 saturated heterocycles. The Morgan fingerprint density at radius 1 is 0.304 bits per heavy atom. The predicted octanol–water partition coefficient (Wildman–Crippen LogP) is 12.9. The van der Waals surface area contributed by atoms with E-state index in [1.54, 1.807) is 0 Å². The fourth-order valence-electron chi connectivity index (χ4n) is 8.03. The summed E-state index contributed by atoms with van der Waals surface area (Å²) >= 11 is 0. The van der Waals surface area contributed by atoms with E-state index in [-0.39, 0.29) is 0 Å². The largest absolute Gasteiger partial charge is 0.456 e. The predicted molar refractivity (Wildman–Crippen MR) is 193 cm³/mol. The zero-order valence-corrected chi connectivity index (χ0v) is 24.7. The molecule has 0 saturated carbocycles. The monoisotopic (exact) mass is 584 g/mol. The van der Waals surface area contributed by atoms with Crippen LogP contribution in [0.15, 0.2) is 154 Å². The van der Waals surface area contributed by atoms with Crippen LogP contribution < -0.4 is 0 Å². The van der Waals surface area contributed by atoms with Gasteiger partial charge in [0.1, 0.15) is 22.3 Å². The first-order valence-corrected chi connectivity index (χ1v) is 15.8. The maximum absolute atomic E-state index is 6.53. The van der Waals surface area contributed by atoms with E-state index in [2.05, 4.69) is 146 Å². The van der Waals surface area contributed by atoms with E-state index in [4.69, 9.17) is 8.83 Å². The Kier molecular flexibility index (Phi) is 4.61. The lowest BCUT2D eigenvalue weighted by atomic mass is 9.84. The minimum atomic E-state index is 0.905. The second kappa shape index (κ2) is 8.74. The lowest BCUT2D eigenvalue weighted by molar-refractivity contribution is 0.669. The van der Waals surface area contributed by atoms with Crippen molar-refractivity contribution < 1.29 is 8.83 Å². The van der Waals surface area contributed by atoms with E-state index in [1.165, 1.54) is 70.6 Å². The van der Waals surface area contributed by atoms with E-state index in [0.29, 0.717) is 0 Å². The van der Waals surface area contributed by atoms with Crippen LogP contribution in [0, 0.1) is 0 Å². The third-order valence-corrected chi connectivity index (χ3v) is 9.97. The van der Waals surface area contributed by atoms with Gasteiger partial charge < -0.3 is 8.83 Å². The summed E-state index contributed by atoms with van der Waals surface area (Å²) in [6.45, 7) is 0. The van der Waals surface area contributed by atoms with E-state index in [0.717, 1.165) is 38.7 Å². The van der Waals surface area contributed by atoms with Gasteiger partial charge in [0.15, 0.2) is 0 Å². The van der Waals surface area contributed by atoms with Gasteiger partial charge >= 0.3 is 0 Å². The normalized spacial score (nSPS) is 12.3. The van der Waals surface area contributed by atoms with Crippen LogP contribution in [0.3, 0.4) is 0 Å². The third-order valence-electron chi connectivity index (χ3n) is 9.97. The molecule has 0 fully saturated rings. The summed E-state index contributed by atoms with van der Waals surface area (Å²) in [6, 6.07) is 52.5. The highest BCUT2D eigenvalue weighted by Crippen LogP contribution is 2.48. The van der Waals surface area contributed by atoms with Gasteiger partial charge in [-0.25, -0.2) is 0 Å². The molecule has 9 aromatic carbocycles. The highest BCUT2D eigenvalue weighted by Gasteiger charge is 2.22. The van der Waals surface area contributed by atoms with E-state index in [9.17, 15) is 0 Å². The summed E-state index contributed by atoms with van der Waals surface area (Å²) in [5, 5.41) is 14.4. The van der Waals surface area contributed by atoms with Crippen LogP contribution in [-0.4, -0.2) is 0 Å². The molecule has 0 aliphatic rings. The topological polar surface area (TPSA) is 26.3 Å². The van der Waals surface area contributed by atoms with Crippen molar-refractivity contribution in [1.82, 2.24) is 0 Å². The Morgan fingerprint density at radius 3 is 1.63 bits per heavy atom. The first kappa shape index (κ1) is 24.2. The summed E-state index contributed by atoms with van der Waals surface area (Å²) in [5.74, 6) is 0. The number of furan rings is 2. The van der Waals surface area contributed by atoms with Gasteiger partial charge in [-0.2, -0.15) is 0 Å². The van der Waals surface area contributed by atoms with Crippen LogP contribution >= 0.6 is 0 Å². The molecular weight excluding hydrogens is 560 g/mol. The Labute approximate surface area is 263 Å². The molecule has 0 aliphatic carbocycles. The van der Waals surface area contributed by atoms with E-state index >= 15 is 0 Å². The van der Waals surface area contributed by atoms with Crippen LogP contribution in [0.4, 0.5) is 0 Å². The minimum absolute atomic E-state index is 0.905. The van der Waals surface area contributed by atoms with Gasteiger partial charge in [-0.1, -0.05) is 103 Å². The van der Waals surface area contributed by atoms with Crippen molar-refractivity contribution in [3.05, 3.63) is 146 Å². The standard InChI is InChI=1S/C44H24O2/c1-2-10-26-23-40-35(21-25(26)9-1)29-20-19-28(24-39(29)46-40)41-30-12-3-5-14-32(30)43(33-15-6-4-13-31(33)41)36-22-27-11-7-17-37-42(27)44-34(36)16-8-18-38(44)45-37/h1-24H. The molecule has 2 heterocycles. The van der Waals surface area contributed by atoms with Crippen molar-refractivity contribution in [2.75, 3.05) is 0 Å². The quantitative estimate of drug-likeness (QED) is 0.149. The van der Waals surface area contributed by atoms with Gasteiger partial charge in [-0.05, 0) is 108 Å². The number of hydrogen-bond acceptors (Lipinski definition) is 2. The Hall–Kier alpha value is -6.12. The Morgan fingerprint density at radius 2 is 0.870 bits per heavy atom. The molecule has 212 valence electrons. The second-order valence-electron chi connectivity index (χ2n) is 12.4. The smallest absolute Gasteiger partial charge is 0.136 e. The maximum Gasteiger partial charge on any atom is 0.136 e. The van der Waals surface area contributed by atoms with Crippen LogP contribution in [0.5, 0.6) is 0 Å². The molecule has 11 rings (SSSR count). The van der Waals surface area contributed by atoms with Crippen LogP contribution in [0.2, 0.25) is 0 Å². The Bertz CT molecular complexity index is 2970. The first-order chi connectivity index (χ1) is 22.8. The molecule has 0 atom stereocenters. The first-order valence-electron chi connectivity index (χ1n) is 15.8. The summed E-state index contributed by atoms with van der Waals surface area (Å²) in [5.41, 5.74) is 8.55. The number of rotatable bonds is 2. The van der Waals surface area contributed by atoms with Crippen molar-refractivity contribution in [2.24, 2.45) is 0 Å². The fraction of sp³-hybridized carbons (Fsp3) is 0. The molecule has 2 aromatic heterocycles. The average molecular weight is 585 g/mol. The minimum Gasteiger partial charge on any atom is -0.456 e. The van der Waals surface area contributed by atoms with Crippen molar-refractivity contribution in [3.63, 3.8) is 0 Å². The molecule has 0 N–H and O–H groups in total. The Balaban J connectivity index is 1.24. The molecule has 0 bridgehead atoms. The zero-order chi connectivity index (χ0) is 29.9. The third kappa shape index (κ3) is 3.15. The lowest BCUT2D eigenvalue weighted by Crippen LogP contribution is -1.92. The van der Waals surface area contributed by atoms with Crippen LogP contribution in [-0.2, 0) is 0 Å². The molecular formula is C44H24O2. The molecule has 0 amide bonds. The van der Waals surface area contributed by atoms with Crippen molar-refractivity contribution in [3.8, 4) is 22.3 Å². The van der Waals surface area contributed by atoms with Gasteiger partial charge in [0.05, 0.1) is 0 Å². The average Bonchev–Trinajstić information content (AvgIpc) is 3.66. The molecule has 0 spiro atoms. The summed E-state index contributed by atoms with van der Waals surface area (Å²) < 4.78 is 12.9. The number of benzene rings is 9. The summed E-state index contributed by atoms with van der Waals surface area (Å²) in [6.07, 6.45) is 0. The van der Waals surface area contributed by atoms with Gasteiger partial charge in [-0.15, -0.1) is 0 Å². The van der Waals surface area contributed by atoms with Crippen molar-refractivity contribution in [2.45, 2.75) is 0 Å². The molecule has 0 aliphatic heterocycles. The molecule has 0 unspecified atom stereocenters. The van der Waals surface area contributed by atoms with E-state index < -0.39 is 0 Å². The van der Waals surface area contributed by atoms with Crippen LogP contribution in [0.25, 0.3) is 109 Å².